The van der Waals surface area contributed by atoms with Crippen LogP contribution in [0.25, 0.3) is 5.52 Å². The SMILES string of the molecule is CC1=C/C(=N\c2c(OCCO)nn3ccccc23)C(=N)C2C(C)=C(C)NC12. The number of ether oxygens (including phenoxy) is 1. The number of hydrogen-bond acceptors (Lipinski definition) is 6. The number of allylic oxidation sites excluding steroid dienone is 2. The maximum Gasteiger partial charge on any atom is 0.260 e. The second kappa shape index (κ2) is 6.66. The van der Waals surface area contributed by atoms with Gasteiger partial charge in [0.15, 0.2) is 5.69 Å². The van der Waals surface area contributed by atoms with Crippen molar-refractivity contribution in [1.29, 1.82) is 5.41 Å². The molecule has 0 saturated heterocycles. The van der Waals surface area contributed by atoms with Gasteiger partial charge in [-0.15, -0.1) is 5.10 Å². The summed E-state index contributed by atoms with van der Waals surface area (Å²) in [6.07, 6.45) is 3.79. The highest BCUT2D eigenvalue weighted by Gasteiger charge is 2.39. The number of aliphatic hydroxyl groups excluding tert-OH is 1. The number of aromatic nitrogens is 2. The maximum atomic E-state index is 9.10. The molecule has 2 aromatic rings. The van der Waals surface area contributed by atoms with Crippen LogP contribution in [0.2, 0.25) is 0 Å². The first-order valence-electron chi connectivity index (χ1n) is 9.02. The highest BCUT2D eigenvalue weighted by Crippen LogP contribution is 2.37. The van der Waals surface area contributed by atoms with Gasteiger partial charge in [0.05, 0.1) is 29.6 Å². The van der Waals surface area contributed by atoms with Crippen LogP contribution in [0.15, 0.2) is 52.3 Å². The van der Waals surface area contributed by atoms with E-state index in [9.17, 15) is 0 Å². The quantitative estimate of drug-likeness (QED) is 0.776. The van der Waals surface area contributed by atoms with E-state index >= 15 is 0 Å². The molecule has 3 N–H and O–H groups in total. The summed E-state index contributed by atoms with van der Waals surface area (Å²) in [5.41, 5.74) is 5.96. The standard InChI is InChI=1S/C20H23N5O2/c1-11-10-14(17(21)16-12(2)13(3)22-18(11)16)23-19-15-6-4-5-7-25(15)24-20(19)27-9-8-26/h4-7,10,16,18,21-22,26H,8-9H2,1-3H3/b21-17?,23-14+. The molecule has 2 aromatic heterocycles. The Morgan fingerprint density at radius 2 is 2.15 bits per heavy atom. The van der Waals surface area contributed by atoms with Gasteiger partial charge in [-0.05, 0) is 50.1 Å². The Morgan fingerprint density at radius 1 is 1.33 bits per heavy atom. The number of aliphatic imine (C=N–C) groups is 1. The molecule has 0 fully saturated rings. The van der Waals surface area contributed by atoms with Crippen molar-refractivity contribution in [3.8, 4) is 5.88 Å². The molecule has 0 aromatic carbocycles. The van der Waals surface area contributed by atoms with Crippen molar-refractivity contribution in [3.05, 3.63) is 47.3 Å². The van der Waals surface area contributed by atoms with Crippen molar-refractivity contribution >= 4 is 22.6 Å². The molecule has 4 rings (SSSR count). The Kier molecular flexibility index (Phi) is 4.31. The lowest BCUT2D eigenvalue weighted by Crippen LogP contribution is -2.40. The van der Waals surface area contributed by atoms with Crippen LogP contribution in [0.3, 0.4) is 0 Å². The van der Waals surface area contributed by atoms with Crippen molar-refractivity contribution in [2.45, 2.75) is 26.8 Å². The Balaban J connectivity index is 1.83. The average Bonchev–Trinajstić information content (AvgIpc) is 3.16. The topological polar surface area (TPSA) is 95.0 Å². The fourth-order valence-corrected chi connectivity index (χ4v) is 3.74. The van der Waals surface area contributed by atoms with E-state index in [1.165, 1.54) is 5.57 Å². The molecular weight excluding hydrogens is 342 g/mol. The van der Waals surface area contributed by atoms with Crippen molar-refractivity contribution in [2.24, 2.45) is 10.9 Å². The molecule has 0 saturated carbocycles. The molecule has 1 aliphatic heterocycles. The third kappa shape index (κ3) is 2.84. The molecule has 0 radical (unpaired) electrons. The van der Waals surface area contributed by atoms with Crippen LogP contribution in [0.1, 0.15) is 20.8 Å². The van der Waals surface area contributed by atoms with E-state index in [2.05, 4.69) is 31.2 Å². The zero-order valence-corrected chi connectivity index (χ0v) is 15.7. The van der Waals surface area contributed by atoms with Gasteiger partial charge in [0.25, 0.3) is 5.88 Å². The summed E-state index contributed by atoms with van der Waals surface area (Å²) in [4.78, 5) is 4.79. The first-order chi connectivity index (χ1) is 13.0. The smallest absolute Gasteiger partial charge is 0.260 e. The number of pyridine rings is 1. The molecule has 0 amide bonds. The third-order valence-corrected chi connectivity index (χ3v) is 5.25. The van der Waals surface area contributed by atoms with Crippen LogP contribution in [0.5, 0.6) is 5.88 Å². The lowest BCUT2D eigenvalue weighted by molar-refractivity contribution is 0.197. The normalized spacial score (nSPS) is 23.6. The molecule has 0 bridgehead atoms. The van der Waals surface area contributed by atoms with Gasteiger partial charge in [-0.2, -0.15) is 0 Å². The molecule has 2 unspecified atom stereocenters. The zero-order chi connectivity index (χ0) is 19.1. The lowest BCUT2D eigenvalue weighted by atomic mass is 9.80. The summed E-state index contributed by atoms with van der Waals surface area (Å²) >= 11 is 0. The van der Waals surface area contributed by atoms with E-state index in [0.29, 0.717) is 23.0 Å². The lowest BCUT2D eigenvalue weighted by Gasteiger charge is -2.28. The van der Waals surface area contributed by atoms with Crippen molar-refractivity contribution in [2.75, 3.05) is 13.2 Å². The second-order valence-corrected chi connectivity index (χ2v) is 6.96. The van der Waals surface area contributed by atoms with Crippen LogP contribution in [-0.4, -0.2) is 45.4 Å². The predicted molar refractivity (Wildman–Crippen MR) is 105 cm³/mol. The van der Waals surface area contributed by atoms with Gasteiger partial charge in [-0.3, -0.25) is 0 Å². The number of hydrogen-bond donors (Lipinski definition) is 3. The van der Waals surface area contributed by atoms with E-state index in [1.54, 1.807) is 4.52 Å². The van der Waals surface area contributed by atoms with E-state index in [4.69, 9.17) is 20.2 Å². The van der Waals surface area contributed by atoms with Gasteiger partial charge in [-0.25, -0.2) is 9.51 Å². The minimum atomic E-state index is -0.0998. The molecule has 27 heavy (non-hydrogen) atoms. The van der Waals surface area contributed by atoms with E-state index < -0.39 is 0 Å². The highest BCUT2D eigenvalue weighted by atomic mass is 16.5. The Bertz CT molecular complexity index is 1010. The second-order valence-electron chi connectivity index (χ2n) is 6.96. The summed E-state index contributed by atoms with van der Waals surface area (Å²) in [6.45, 7) is 6.24. The van der Waals surface area contributed by atoms with E-state index in [0.717, 1.165) is 16.8 Å². The Labute approximate surface area is 157 Å². The molecule has 0 spiro atoms. The number of nitrogens with one attached hydrogen (secondary N) is 2. The van der Waals surface area contributed by atoms with Gasteiger partial charge >= 0.3 is 0 Å². The monoisotopic (exact) mass is 365 g/mol. The van der Waals surface area contributed by atoms with Crippen LogP contribution in [0.4, 0.5) is 5.69 Å². The van der Waals surface area contributed by atoms with Gasteiger partial charge in [0.2, 0.25) is 0 Å². The molecule has 2 atom stereocenters. The summed E-state index contributed by atoms with van der Waals surface area (Å²) in [7, 11) is 0. The minimum Gasteiger partial charge on any atom is -0.473 e. The summed E-state index contributed by atoms with van der Waals surface area (Å²) in [5.74, 6) is 0.356. The number of fused-ring (bicyclic) bond motifs is 2. The zero-order valence-electron chi connectivity index (χ0n) is 15.7. The van der Waals surface area contributed by atoms with Crippen LogP contribution < -0.4 is 10.1 Å². The molecule has 140 valence electrons. The highest BCUT2D eigenvalue weighted by molar-refractivity contribution is 6.48. The first-order valence-corrected chi connectivity index (χ1v) is 9.02. The summed E-state index contributed by atoms with van der Waals surface area (Å²) in [6, 6.07) is 5.84. The molecule has 7 heteroatoms. The van der Waals surface area contributed by atoms with Crippen LogP contribution in [0, 0.1) is 11.3 Å². The number of nitrogens with zero attached hydrogens (tertiary/aromatic N) is 3. The molecular formula is C20H23N5O2. The van der Waals surface area contributed by atoms with Crippen LogP contribution in [-0.2, 0) is 0 Å². The fourth-order valence-electron chi connectivity index (χ4n) is 3.74. The van der Waals surface area contributed by atoms with Gasteiger partial charge in [-0.1, -0.05) is 6.07 Å². The predicted octanol–water partition coefficient (Wildman–Crippen LogP) is 2.64. The Hall–Kier alpha value is -2.93. The molecule has 2 aliphatic rings. The average molecular weight is 365 g/mol. The van der Waals surface area contributed by atoms with Gasteiger partial charge in [0.1, 0.15) is 6.61 Å². The minimum absolute atomic E-state index is 0.00241. The fraction of sp³-hybridized carbons (Fsp3) is 0.350. The summed E-state index contributed by atoms with van der Waals surface area (Å²) in [5, 5.41) is 25.7. The maximum absolute atomic E-state index is 9.10. The van der Waals surface area contributed by atoms with Gasteiger partial charge < -0.3 is 20.6 Å². The first kappa shape index (κ1) is 17.5. The van der Waals surface area contributed by atoms with E-state index in [1.807, 2.05) is 30.5 Å². The Morgan fingerprint density at radius 3 is 2.93 bits per heavy atom. The van der Waals surface area contributed by atoms with E-state index in [-0.39, 0.29) is 25.2 Å². The number of aliphatic hydroxyl groups is 1. The van der Waals surface area contributed by atoms with Crippen molar-refractivity contribution in [1.82, 2.24) is 14.9 Å². The molecule has 1 aliphatic carbocycles. The van der Waals surface area contributed by atoms with Crippen LogP contribution >= 0.6 is 0 Å². The van der Waals surface area contributed by atoms with Crippen molar-refractivity contribution < 1.29 is 9.84 Å². The molecule has 7 nitrogen and oxygen atoms in total. The number of rotatable bonds is 4. The van der Waals surface area contributed by atoms with Gasteiger partial charge in [0, 0.05) is 17.8 Å². The molecule has 3 heterocycles. The third-order valence-electron chi connectivity index (χ3n) is 5.25. The summed E-state index contributed by atoms with van der Waals surface area (Å²) < 4.78 is 7.30. The van der Waals surface area contributed by atoms with Crippen molar-refractivity contribution in [3.63, 3.8) is 0 Å². The largest absolute Gasteiger partial charge is 0.473 e.